The van der Waals surface area contributed by atoms with Crippen LogP contribution >= 0.6 is 0 Å². The Bertz CT molecular complexity index is 551. The maximum Gasteiger partial charge on any atom is 0.337 e. The van der Waals surface area contributed by atoms with E-state index in [1.54, 1.807) is 24.3 Å². The number of aliphatic hydroxyl groups excluding tert-OH is 1. The Labute approximate surface area is 110 Å². The highest BCUT2D eigenvalue weighted by Gasteiger charge is 2.19. The molecular weight excluding hydrogens is 244 g/mol. The Morgan fingerprint density at radius 1 is 1.05 bits per heavy atom. The summed E-state index contributed by atoms with van der Waals surface area (Å²) in [7, 11) is 0. The number of aliphatic hydroxyl groups is 1. The van der Waals surface area contributed by atoms with E-state index in [2.05, 4.69) is 0 Å². The van der Waals surface area contributed by atoms with Crippen LogP contribution in [0.4, 0.5) is 0 Å². The normalized spacial score (nSPS) is 11.8. The van der Waals surface area contributed by atoms with Gasteiger partial charge in [0.1, 0.15) is 12.4 Å². The van der Waals surface area contributed by atoms with Crippen molar-refractivity contribution < 1.29 is 19.7 Å². The minimum Gasteiger partial charge on any atom is -0.489 e. The first kappa shape index (κ1) is 13.1. The third-order valence-electron chi connectivity index (χ3n) is 2.68. The molecular formula is C15H14O4. The minimum absolute atomic E-state index is 0.255. The standard InChI is InChI=1S/C15H14O4/c16-14(15(17)18)12-8-4-5-9-13(12)19-10-11-6-2-1-3-7-11/h1-9,14,16H,10H2,(H,17,18). The first-order valence-electron chi connectivity index (χ1n) is 5.85. The van der Waals surface area contributed by atoms with Crippen LogP contribution in [0.5, 0.6) is 5.75 Å². The number of hydrogen-bond donors (Lipinski definition) is 2. The minimum atomic E-state index is -1.58. The molecule has 2 N–H and O–H groups in total. The summed E-state index contributed by atoms with van der Waals surface area (Å²) in [5, 5.41) is 18.4. The molecule has 0 spiro atoms. The van der Waals surface area contributed by atoms with Crippen molar-refractivity contribution in [3.8, 4) is 5.75 Å². The van der Waals surface area contributed by atoms with Crippen LogP contribution in [-0.2, 0) is 11.4 Å². The Morgan fingerprint density at radius 3 is 2.37 bits per heavy atom. The van der Waals surface area contributed by atoms with E-state index in [1.165, 1.54) is 0 Å². The van der Waals surface area contributed by atoms with Crippen molar-refractivity contribution in [1.29, 1.82) is 0 Å². The molecule has 0 saturated heterocycles. The van der Waals surface area contributed by atoms with Crippen LogP contribution in [0.1, 0.15) is 17.2 Å². The third kappa shape index (κ3) is 3.33. The second kappa shape index (κ2) is 6.02. The summed E-state index contributed by atoms with van der Waals surface area (Å²) in [6, 6.07) is 16.1. The zero-order chi connectivity index (χ0) is 13.7. The van der Waals surface area contributed by atoms with Crippen LogP contribution in [0.2, 0.25) is 0 Å². The van der Waals surface area contributed by atoms with Gasteiger partial charge in [-0.1, -0.05) is 48.5 Å². The second-order valence-corrected chi connectivity index (χ2v) is 4.05. The van der Waals surface area contributed by atoms with Crippen LogP contribution in [0, 0.1) is 0 Å². The molecule has 2 aromatic rings. The third-order valence-corrected chi connectivity index (χ3v) is 2.68. The van der Waals surface area contributed by atoms with Crippen LogP contribution in [0.25, 0.3) is 0 Å². The van der Waals surface area contributed by atoms with Crippen molar-refractivity contribution in [2.24, 2.45) is 0 Å². The topological polar surface area (TPSA) is 66.8 Å². The van der Waals surface area contributed by atoms with E-state index in [1.807, 2.05) is 30.3 Å². The Balaban J connectivity index is 2.14. The molecule has 0 aliphatic carbocycles. The zero-order valence-corrected chi connectivity index (χ0v) is 10.2. The average molecular weight is 258 g/mol. The number of para-hydroxylation sites is 1. The van der Waals surface area contributed by atoms with Crippen molar-refractivity contribution in [3.05, 3.63) is 65.7 Å². The van der Waals surface area contributed by atoms with Crippen molar-refractivity contribution >= 4 is 5.97 Å². The van der Waals surface area contributed by atoms with Gasteiger partial charge in [0.2, 0.25) is 0 Å². The molecule has 0 aromatic heterocycles. The quantitative estimate of drug-likeness (QED) is 0.864. The number of carboxylic acids is 1. The van der Waals surface area contributed by atoms with Gasteiger partial charge in [-0.25, -0.2) is 4.79 Å². The predicted molar refractivity (Wildman–Crippen MR) is 69.8 cm³/mol. The second-order valence-electron chi connectivity index (χ2n) is 4.05. The van der Waals surface area contributed by atoms with E-state index < -0.39 is 12.1 Å². The largest absolute Gasteiger partial charge is 0.489 e. The number of hydrogen-bond acceptors (Lipinski definition) is 3. The van der Waals surface area contributed by atoms with E-state index in [0.29, 0.717) is 12.4 Å². The van der Waals surface area contributed by atoms with Crippen LogP contribution in [0.3, 0.4) is 0 Å². The Morgan fingerprint density at radius 2 is 1.68 bits per heavy atom. The maximum absolute atomic E-state index is 10.8. The van der Waals surface area contributed by atoms with Gasteiger partial charge in [0.05, 0.1) is 0 Å². The molecule has 98 valence electrons. The highest BCUT2D eigenvalue weighted by atomic mass is 16.5. The fourth-order valence-electron chi connectivity index (χ4n) is 1.71. The van der Waals surface area contributed by atoms with Gasteiger partial charge in [-0.05, 0) is 11.6 Å². The molecule has 0 bridgehead atoms. The summed E-state index contributed by atoms with van der Waals surface area (Å²) in [5.74, 6) is -0.919. The number of benzene rings is 2. The van der Waals surface area contributed by atoms with E-state index in [0.717, 1.165) is 5.56 Å². The average Bonchev–Trinajstić information content (AvgIpc) is 2.45. The van der Waals surface area contributed by atoms with Gasteiger partial charge in [0.25, 0.3) is 0 Å². The molecule has 0 amide bonds. The predicted octanol–water partition coefficient (Wildman–Crippen LogP) is 2.38. The molecule has 2 rings (SSSR count). The number of aliphatic carboxylic acids is 1. The fourth-order valence-corrected chi connectivity index (χ4v) is 1.71. The molecule has 0 aliphatic rings. The van der Waals surface area contributed by atoms with E-state index in [4.69, 9.17) is 9.84 Å². The molecule has 4 heteroatoms. The summed E-state index contributed by atoms with van der Waals surface area (Å²) in [4.78, 5) is 10.8. The lowest BCUT2D eigenvalue weighted by molar-refractivity contribution is -0.147. The molecule has 1 atom stereocenters. The Hall–Kier alpha value is -2.33. The van der Waals surface area contributed by atoms with Crippen LogP contribution in [0.15, 0.2) is 54.6 Å². The molecule has 0 saturated carbocycles. The lowest BCUT2D eigenvalue weighted by Crippen LogP contribution is -2.12. The van der Waals surface area contributed by atoms with E-state index in [-0.39, 0.29) is 5.56 Å². The number of rotatable bonds is 5. The number of ether oxygens (including phenoxy) is 1. The van der Waals surface area contributed by atoms with Crippen molar-refractivity contribution in [2.75, 3.05) is 0 Å². The van der Waals surface area contributed by atoms with Gasteiger partial charge in [0, 0.05) is 5.56 Å². The lowest BCUT2D eigenvalue weighted by atomic mass is 10.1. The Kier molecular flexibility index (Phi) is 4.15. The number of carboxylic acid groups (broad SMARTS) is 1. The van der Waals surface area contributed by atoms with Gasteiger partial charge in [-0.15, -0.1) is 0 Å². The first-order chi connectivity index (χ1) is 9.18. The summed E-state index contributed by atoms with van der Waals surface area (Å²) >= 11 is 0. The van der Waals surface area contributed by atoms with Crippen molar-refractivity contribution in [3.63, 3.8) is 0 Å². The number of carbonyl (C=O) groups is 1. The summed E-state index contributed by atoms with van der Waals surface area (Å²) in [6.45, 7) is 0.324. The van der Waals surface area contributed by atoms with Gasteiger partial charge in [-0.3, -0.25) is 0 Å². The van der Waals surface area contributed by atoms with Gasteiger partial charge >= 0.3 is 5.97 Å². The van der Waals surface area contributed by atoms with E-state index in [9.17, 15) is 9.90 Å². The molecule has 0 fully saturated rings. The SMILES string of the molecule is O=C(O)C(O)c1ccccc1OCc1ccccc1. The fraction of sp³-hybridized carbons (Fsp3) is 0.133. The van der Waals surface area contributed by atoms with Gasteiger partial charge < -0.3 is 14.9 Å². The van der Waals surface area contributed by atoms with Crippen molar-refractivity contribution in [1.82, 2.24) is 0 Å². The smallest absolute Gasteiger partial charge is 0.337 e. The molecule has 1 unspecified atom stereocenters. The molecule has 4 nitrogen and oxygen atoms in total. The summed E-state index contributed by atoms with van der Waals surface area (Å²) in [6.07, 6.45) is -1.58. The highest BCUT2D eigenvalue weighted by Crippen LogP contribution is 2.25. The first-order valence-corrected chi connectivity index (χ1v) is 5.85. The summed E-state index contributed by atoms with van der Waals surface area (Å²) < 4.78 is 5.57. The highest BCUT2D eigenvalue weighted by molar-refractivity contribution is 5.75. The molecule has 0 radical (unpaired) electrons. The zero-order valence-electron chi connectivity index (χ0n) is 10.2. The molecule has 2 aromatic carbocycles. The molecule has 19 heavy (non-hydrogen) atoms. The molecule has 0 aliphatic heterocycles. The molecule has 0 heterocycles. The monoisotopic (exact) mass is 258 g/mol. The maximum atomic E-state index is 10.8. The van der Waals surface area contributed by atoms with Gasteiger partial charge in [0.15, 0.2) is 6.10 Å². The van der Waals surface area contributed by atoms with E-state index >= 15 is 0 Å². The van der Waals surface area contributed by atoms with Crippen molar-refractivity contribution in [2.45, 2.75) is 12.7 Å². The van der Waals surface area contributed by atoms with Crippen LogP contribution in [-0.4, -0.2) is 16.2 Å². The lowest BCUT2D eigenvalue weighted by Gasteiger charge is -2.13. The van der Waals surface area contributed by atoms with Gasteiger partial charge in [-0.2, -0.15) is 0 Å². The summed E-state index contributed by atoms with van der Waals surface area (Å²) in [5.41, 5.74) is 1.23. The van der Waals surface area contributed by atoms with Crippen LogP contribution < -0.4 is 4.74 Å².